The number of benzene rings is 2. The first-order valence-corrected chi connectivity index (χ1v) is 9.66. The molecule has 0 fully saturated rings. The molecule has 0 spiro atoms. The molecule has 1 unspecified atom stereocenters. The molecule has 3 N–H and O–H groups in total. The molecule has 0 bridgehead atoms. The molecule has 2 aromatic rings. The van der Waals surface area contributed by atoms with Crippen molar-refractivity contribution in [3.05, 3.63) is 53.1 Å². The molecule has 154 valence electrons. The van der Waals surface area contributed by atoms with E-state index in [4.69, 9.17) is 15.2 Å². The fourth-order valence-electron chi connectivity index (χ4n) is 3.43. The number of carbonyl (C=O) groups excluding carboxylic acids is 2. The smallest absolute Gasteiger partial charge is 0.254 e. The molecule has 1 atom stereocenters. The van der Waals surface area contributed by atoms with Crippen LogP contribution in [0.5, 0.6) is 11.5 Å². The van der Waals surface area contributed by atoms with E-state index in [1.807, 2.05) is 31.2 Å². The van der Waals surface area contributed by atoms with Crippen molar-refractivity contribution in [1.29, 1.82) is 0 Å². The molecular weight excluding hydrogens is 370 g/mol. The summed E-state index contributed by atoms with van der Waals surface area (Å²) in [7, 11) is 3.18. The Labute approximate surface area is 170 Å². The second-order valence-electron chi connectivity index (χ2n) is 7.02. The Morgan fingerprint density at radius 2 is 1.93 bits per heavy atom. The predicted octanol–water partition coefficient (Wildman–Crippen LogP) is 2.58. The molecule has 2 amide bonds. The zero-order valence-electron chi connectivity index (χ0n) is 17.0. The highest BCUT2D eigenvalue weighted by atomic mass is 16.5. The van der Waals surface area contributed by atoms with Gasteiger partial charge in [-0.1, -0.05) is 6.07 Å². The topological polar surface area (TPSA) is 93.9 Å². The van der Waals surface area contributed by atoms with Crippen molar-refractivity contribution in [2.24, 2.45) is 5.73 Å². The molecule has 0 radical (unpaired) electrons. The minimum absolute atomic E-state index is 0.0649. The minimum atomic E-state index is -0.529. The lowest BCUT2D eigenvalue weighted by atomic mass is 10.0. The summed E-state index contributed by atoms with van der Waals surface area (Å²) in [5.74, 6) is 1.03. The van der Waals surface area contributed by atoms with Crippen LogP contribution in [0.4, 0.5) is 5.69 Å². The fourth-order valence-corrected chi connectivity index (χ4v) is 3.43. The van der Waals surface area contributed by atoms with Crippen molar-refractivity contribution < 1.29 is 19.1 Å². The van der Waals surface area contributed by atoms with Crippen LogP contribution in [-0.2, 0) is 17.8 Å². The number of nitrogens with zero attached hydrogens (tertiary/aromatic N) is 1. The third kappa shape index (κ3) is 4.51. The van der Waals surface area contributed by atoms with Gasteiger partial charge in [0.05, 0.1) is 20.3 Å². The highest BCUT2D eigenvalue weighted by molar-refractivity contribution is 5.98. The van der Waals surface area contributed by atoms with Crippen molar-refractivity contribution in [3.63, 3.8) is 0 Å². The number of hydrogen-bond donors (Lipinski definition) is 2. The molecule has 1 aliphatic heterocycles. The fraction of sp³-hybridized carbons (Fsp3) is 0.364. The molecule has 0 saturated heterocycles. The summed E-state index contributed by atoms with van der Waals surface area (Å²) in [4.78, 5) is 26.8. The van der Waals surface area contributed by atoms with Gasteiger partial charge in [0, 0.05) is 24.3 Å². The lowest BCUT2D eigenvalue weighted by Gasteiger charge is -2.22. The van der Waals surface area contributed by atoms with Gasteiger partial charge in [-0.25, -0.2) is 0 Å². The number of methoxy groups -OCH3 is 2. The van der Waals surface area contributed by atoms with E-state index in [-0.39, 0.29) is 11.8 Å². The Bertz CT molecular complexity index is 913. The number of hydrogen-bond acceptors (Lipinski definition) is 5. The summed E-state index contributed by atoms with van der Waals surface area (Å²) in [6, 6.07) is 10.5. The lowest BCUT2D eigenvalue weighted by Crippen LogP contribution is -2.34. The molecule has 1 aliphatic rings. The monoisotopic (exact) mass is 397 g/mol. The minimum Gasteiger partial charge on any atom is -0.493 e. The van der Waals surface area contributed by atoms with E-state index >= 15 is 0 Å². The molecule has 7 heteroatoms. The molecule has 3 rings (SSSR count). The average molecular weight is 397 g/mol. The van der Waals surface area contributed by atoms with Crippen molar-refractivity contribution in [2.75, 3.05) is 26.1 Å². The number of aryl methyl sites for hydroxylation is 1. The summed E-state index contributed by atoms with van der Waals surface area (Å²) in [5, 5.41) is 2.83. The number of fused-ring (bicyclic) bond motifs is 1. The second-order valence-corrected chi connectivity index (χ2v) is 7.02. The van der Waals surface area contributed by atoms with Crippen LogP contribution in [0, 0.1) is 0 Å². The highest BCUT2D eigenvalue weighted by Crippen LogP contribution is 2.28. The van der Waals surface area contributed by atoms with E-state index in [2.05, 4.69) is 5.32 Å². The lowest BCUT2D eigenvalue weighted by molar-refractivity contribution is -0.117. The van der Waals surface area contributed by atoms with Crippen LogP contribution in [0.15, 0.2) is 36.4 Å². The Kier molecular flexibility index (Phi) is 6.39. The third-order valence-corrected chi connectivity index (χ3v) is 5.16. The maximum Gasteiger partial charge on any atom is 0.254 e. The zero-order chi connectivity index (χ0) is 21.0. The van der Waals surface area contributed by atoms with Gasteiger partial charge in [0.2, 0.25) is 5.91 Å². The molecule has 7 nitrogen and oxygen atoms in total. The number of nitrogens with two attached hydrogens (primary N) is 1. The summed E-state index contributed by atoms with van der Waals surface area (Å²) in [6.45, 7) is 2.96. The van der Waals surface area contributed by atoms with Crippen LogP contribution in [-0.4, -0.2) is 43.5 Å². The Hall–Kier alpha value is -3.06. The van der Waals surface area contributed by atoms with Gasteiger partial charge < -0.3 is 25.4 Å². The largest absolute Gasteiger partial charge is 0.493 e. The first-order valence-electron chi connectivity index (χ1n) is 9.66. The van der Waals surface area contributed by atoms with Crippen molar-refractivity contribution in [3.8, 4) is 11.5 Å². The van der Waals surface area contributed by atoms with Gasteiger partial charge in [-0.3, -0.25) is 9.59 Å². The Balaban J connectivity index is 1.80. The van der Waals surface area contributed by atoms with E-state index in [1.165, 1.54) is 0 Å². The molecule has 0 aliphatic carbocycles. The van der Waals surface area contributed by atoms with Crippen LogP contribution in [0.3, 0.4) is 0 Å². The zero-order valence-corrected chi connectivity index (χ0v) is 17.0. The molecule has 0 saturated carbocycles. The van der Waals surface area contributed by atoms with Crippen molar-refractivity contribution in [1.82, 2.24) is 4.90 Å². The van der Waals surface area contributed by atoms with E-state index < -0.39 is 6.04 Å². The van der Waals surface area contributed by atoms with Crippen LogP contribution in [0.2, 0.25) is 0 Å². The van der Waals surface area contributed by atoms with Crippen LogP contribution >= 0.6 is 0 Å². The van der Waals surface area contributed by atoms with E-state index in [0.29, 0.717) is 43.0 Å². The number of ether oxygens (including phenoxy) is 2. The number of anilines is 1. The first kappa shape index (κ1) is 20.7. The van der Waals surface area contributed by atoms with E-state index in [1.54, 1.807) is 31.3 Å². The number of amides is 2. The van der Waals surface area contributed by atoms with Gasteiger partial charge in [0.1, 0.15) is 0 Å². The van der Waals surface area contributed by atoms with Gasteiger partial charge in [-0.15, -0.1) is 0 Å². The second kappa shape index (κ2) is 8.96. The van der Waals surface area contributed by atoms with Gasteiger partial charge in [-0.05, 0) is 61.2 Å². The quantitative estimate of drug-likeness (QED) is 0.781. The maximum atomic E-state index is 13.1. The molecular formula is C22H27N3O4. The maximum absolute atomic E-state index is 13.1. The van der Waals surface area contributed by atoms with Gasteiger partial charge >= 0.3 is 0 Å². The van der Waals surface area contributed by atoms with Gasteiger partial charge in [0.25, 0.3) is 5.91 Å². The summed E-state index contributed by atoms with van der Waals surface area (Å²) >= 11 is 0. The van der Waals surface area contributed by atoms with Gasteiger partial charge in [0.15, 0.2) is 11.5 Å². The van der Waals surface area contributed by atoms with E-state index in [9.17, 15) is 9.59 Å². The van der Waals surface area contributed by atoms with Gasteiger partial charge in [-0.2, -0.15) is 0 Å². The molecule has 1 heterocycles. The highest BCUT2D eigenvalue weighted by Gasteiger charge is 2.22. The van der Waals surface area contributed by atoms with E-state index in [0.717, 1.165) is 16.8 Å². The molecule has 2 aromatic carbocycles. The standard InChI is InChI=1S/C22H27N3O4/c1-4-25(13-14-5-10-19(28-2)20(11-14)29-3)22(27)16-7-9-18-15(12-16)6-8-17(23)21(26)24-18/h5,7,9-12,17H,4,6,8,13,23H2,1-3H3,(H,24,26). The summed E-state index contributed by atoms with van der Waals surface area (Å²) < 4.78 is 10.6. The Morgan fingerprint density at radius 3 is 2.62 bits per heavy atom. The molecule has 0 aromatic heterocycles. The number of rotatable bonds is 6. The van der Waals surface area contributed by atoms with Crippen molar-refractivity contribution >= 4 is 17.5 Å². The predicted molar refractivity (Wildman–Crippen MR) is 111 cm³/mol. The summed E-state index contributed by atoms with van der Waals surface area (Å²) in [6.07, 6.45) is 1.21. The third-order valence-electron chi connectivity index (χ3n) is 5.16. The number of nitrogens with one attached hydrogen (secondary N) is 1. The van der Waals surface area contributed by atoms with Crippen LogP contribution < -0.4 is 20.5 Å². The summed E-state index contributed by atoms with van der Waals surface area (Å²) in [5.41, 5.74) is 9.05. The average Bonchev–Trinajstić information content (AvgIpc) is 2.89. The number of carbonyl (C=O) groups is 2. The normalized spacial score (nSPS) is 15.7. The first-order chi connectivity index (χ1) is 14.0. The van der Waals surface area contributed by atoms with Crippen LogP contribution in [0.1, 0.15) is 34.8 Å². The van der Waals surface area contributed by atoms with Crippen molar-refractivity contribution in [2.45, 2.75) is 32.4 Å². The Morgan fingerprint density at radius 1 is 1.17 bits per heavy atom. The molecule has 29 heavy (non-hydrogen) atoms. The van der Waals surface area contributed by atoms with Crippen LogP contribution in [0.25, 0.3) is 0 Å². The SMILES string of the molecule is CCN(Cc1ccc(OC)c(OC)c1)C(=O)c1ccc2c(c1)CCC(N)C(=O)N2.